The van der Waals surface area contributed by atoms with Crippen molar-refractivity contribution in [3.05, 3.63) is 0 Å². The van der Waals surface area contributed by atoms with Gasteiger partial charge in [0, 0.05) is 6.61 Å². The van der Waals surface area contributed by atoms with Crippen LogP contribution in [0.4, 0.5) is 4.79 Å². The topological polar surface area (TPSA) is 71.3 Å². The Bertz CT molecular complexity index is 266. The molecule has 1 amide bonds. The standard InChI is InChI=1S/C12H22N2O3/c1-5-6-7-16-9-10(8-13)14-11(15)17-12(2,3)4/h10H,5-7,9H2,1-4H3,(H,14,15)/t10-/m1/s1. The van der Waals surface area contributed by atoms with E-state index < -0.39 is 17.7 Å². The smallest absolute Gasteiger partial charge is 0.408 e. The van der Waals surface area contributed by atoms with Crippen molar-refractivity contribution in [1.29, 1.82) is 5.26 Å². The second-order valence-electron chi connectivity index (χ2n) is 4.76. The van der Waals surface area contributed by atoms with Gasteiger partial charge in [0.15, 0.2) is 0 Å². The molecule has 1 atom stereocenters. The Kier molecular flexibility index (Phi) is 7.31. The van der Waals surface area contributed by atoms with Gasteiger partial charge in [-0.1, -0.05) is 13.3 Å². The number of carbonyl (C=O) groups excluding carboxylic acids is 1. The van der Waals surface area contributed by atoms with E-state index in [1.165, 1.54) is 0 Å². The fourth-order valence-corrected chi connectivity index (χ4v) is 1.01. The molecule has 0 aromatic rings. The van der Waals surface area contributed by atoms with Crippen molar-refractivity contribution >= 4 is 6.09 Å². The Morgan fingerprint density at radius 3 is 2.59 bits per heavy atom. The van der Waals surface area contributed by atoms with Gasteiger partial charge in [0.2, 0.25) is 0 Å². The Balaban J connectivity index is 3.89. The zero-order valence-electron chi connectivity index (χ0n) is 11.1. The van der Waals surface area contributed by atoms with Crippen LogP contribution >= 0.6 is 0 Å². The molecule has 0 radical (unpaired) electrons. The summed E-state index contributed by atoms with van der Waals surface area (Å²) in [5.74, 6) is 0. The first-order valence-electron chi connectivity index (χ1n) is 5.86. The molecule has 0 rings (SSSR count). The lowest BCUT2D eigenvalue weighted by Gasteiger charge is -2.21. The normalized spacial score (nSPS) is 12.6. The monoisotopic (exact) mass is 242 g/mol. The van der Waals surface area contributed by atoms with E-state index in [2.05, 4.69) is 12.2 Å². The van der Waals surface area contributed by atoms with Gasteiger partial charge < -0.3 is 14.8 Å². The third kappa shape index (κ3) is 9.64. The van der Waals surface area contributed by atoms with Crippen molar-refractivity contribution in [1.82, 2.24) is 5.32 Å². The summed E-state index contributed by atoms with van der Waals surface area (Å²) in [6, 6.07) is 1.29. The predicted octanol–water partition coefficient (Wildman–Crippen LogP) is 2.22. The summed E-state index contributed by atoms with van der Waals surface area (Å²) in [6.07, 6.45) is 1.39. The molecule has 0 heterocycles. The number of alkyl carbamates (subject to hydrolysis) is 1. The molecule has 98 valence electrons. The van der Waals surface area contributed by atoms with Crippen LogP contribution in [0, 0.1) is 11.3 Å². The Morgan fingerprint density at radius 1 is 1.47 bits per heavy atom. The van der Waals surface area contributed by atoms with Crippen LogP contribution in [-0.2, 0) is 9.47 Å². The number of rotatable bonds is 6. The third-order valence-corrected chi connectivity index (χ3v) is 1.77. The molecule has 0 aromatic heterocycles. The lowest BCUT2D eigenvalue weighted by atomic mass is 10.2. The highest BCUT2D eigenvalue weighted by molar-refractivity contribution is 5.68. The summed E-state index contributed by atoms with van der Waals surface area (Å²) in [5.41, 5.74) is -0.562. The average Bonchev–Trinajstić information content (AvgIpc) is 2.20. The van der Waals surface area contributed by atoms with Gasteiger partial charge in [-0.25, -0.2) is 4.79 Å². The van der Waals surface area contributed by atoms with Gasteiger partial charge >= 0.3 is 6.09 Å². The summed E-state index contributed by atoms with van der Waals surface area (Å²) >= 11 is 0. The highest BCUT2D eigenvalue weighted by Crippen LogP contribution is 2.06. The van der Waals surface area contributed by atoms with Crippen molar-refractivity contribution in [2.75, 3.05) is 13.2 Å². The minimum atomic E-state index is -0.665. The molecule has 0 fully saturated rings. The summed E-state index contributed by atoms with van der Waals surface area (Å²) in [6.45, 7) is 8.16. The maximum Gasteiger partial charge on any atom is 0.408 e. The minimum absolute atomic E-state index is 0.190. The molecule has 0 saturated carbocycles. The lowest BCUT2D eigenvalue weighted by Crippen LogP contribution is -2.40. The first-order valence-corrected chi connectivity index (χ1v) is 5.86. The fraction of sp³-hybridized carbons (Fsp3) is 0.833. The summed E-state index contributed by atoms with van der Waals surface area (Å²) in [7, 11) is 0. The van der Waals surface area contributed by atoms with Gasteiger partial charge in [0.25, 0.3) is 0 Å². The zero-order valence-corrected chi connectivity index (χ0v) is 11.1. The SMILES string of the molecule is CCCCOC[C@@H](C#N)NC(=O)OC(C)(C)C. The molecule has 0 aliphatic heterocycles. The Morgan fingerprint density at radius 2 is 2.12 bits per heavy atom. The molecule has 0 unspecified atom stereocenters. The highest BCUT2D eigenvalue weighted by atomic mass is 16.6. The van der Waals surface area contributed by atoms with Gasteiger partial charge in [0.05, 0.1) is 12.7 Å². The van der Waals surface area contributed by atoms with Crippen molar-refractivity contribution in [2.24, 2.45) is 0 Å². The van der Waals surface area contributed by atoms with E-state index >= 15 is 0 Å². The molecular formula is C12H22N2O3. The molecule has 17 heavy (non-hydrogen) atoms. The Labute approximate surface area is 103 Å². The van der Waals surface area contributed by atoms with E-state index in [1.807, 2.05) is 6.07 Å². The number of unbranched alkanes of at least 4 members (excludes halogenated alkanes) is 1. The van der Waals surface area contributed by atoms with Crippen LogP contribution in [0.25, 0.3) is 0 Å². The van der Waals surface area contributed by atoms with Crippen LogP contribution in [0.2, 0.25) is 0 Å². The summed E-state index contributed by atoms with van der Waals surface area (Å²) < 4.78 is 10.3. The summed E-state index contributed by atoms with van der Waals surface area (Å²) in [4.78, 5) is 11.4. The van der Waals surface area contributed by atoms with Gasteiger partial charge in [-0.05, 0) is 27.2 Å². The first kappa shape index (κ1) is 15.7. The molecule has 5 heteroatoms. The van der Waals surface area contributed by atoms with Crippen LogP contribution in [0.15, 0.2) is 0 Å². The van der Waals surface area contributed by atoms with Gasteiger partial charge in [0.1, 0.15) is 11.6 Å². The zero-order chi connectivity index (χ0) is 13.3. The predicted molar refractivity (Wildman–Crippen MR) is 64.5 cm³/mol. The van der Waals surface area contributed by atoms with Gasteiger partial charge in [-0.2, -0.15) is 5.26 Å². The molecule has 0 aromatic carbocycles. The molecule has 5 nitrogen and oxygen atoms in total. The molecule has 0 saturated heterocycles. The van der Waals surface area contributed by atoms with Crippen molar-refractivity contribution in [2.45, 2.75) is 52.2 Å². The number of hydrogen-bond donors (Lipinski definition) is 1. The average molecular weight is 242 g/mol. The maximum absolute atomic E-state index is 11.4. The molecule has 0 spiro atoms. The van der Waals surface area contributed by atoms with Crippen LogP contribution < -0.4 is 5.32 Å². The fourth-order valence-electron chi connectivity index (χ4n) is 1.01. The number of amides is 1. The van der Waals surface area contributed by atoms with Crippen molar-refractivity contribution in [3.8, 4) is 6.07 Å². The van der Waals surface area contributed by atoms with E-state index in [-0.39, 0.29) is 6.61 Å². The van der Waals surface area contributed by atoms with Crippen LogP contribution in [0.5, 0.6) is 0 Å². The van der Waals surface area contributed by atoms with Gasteiger partial charge in [-0.3, -0.25) is 0 Å². The van der Waals surface area contributed by atoms with Crippen LogP contribution in [0.1, 0.15) is 40.5 Å². The van der Waals surface area contributed by atoms with E-state index in [4.69, 9.17) is 14.7 Å². The highest BCUT2D eigenvalue weighted by Gasteiger charge is 2.19. The Hall–Kier alpha value is -1.28. The quantitative estimate of drug-likeness (QED) is 0.725. The van der Waals surface area contributed by atoms with Crippen LogP contribution in [-0.4, -0.2) is 30.9 Å². The van der Waals surface area contributed by atoms with Crippen molar-refractivity contribution < 1.29 is 14.3 Å². The number of nitrogens with one attached hydrogen (secondary N) is 1. The van der Waals surface area contributed by atoms with Gasteiger partial charge in [-0.15, -0.1) is 0 Å². The molecule has 1 N–H and O–H groups in total. The molecule has 0 bridgehead atoms. The van der Waals surface area contributed by atoms with E-state index in [0.717, 1.165) is 12.8 Å². The van der Waals surface area contributed by atoms with Crippen LogP contribution in [0.3, 0.4) is 0 Å². The first-order chi connectivity index (χ1) is 7.89. The number of ether oxygens (including phenoxy) is 2. The number of hydrogen-bond acceptors (Lipinski definition) is 4. The van der Waals surface area contributed by atoms with E-state index in [0.29, 0.717) is 6.61 Å². The molecule has 0 aliphatic rings. The lowest BCUT2D eigenvalue weighted by molar-refractivity contribution is 0.0470. The molecule has 0 aliphatic carbocycles. The van der Waals surface area contributed by atoms with E-state index in [1.54, 1.807) is 20.8 Å². The number of carbonyl (C=O) groups is 1. The second-order valence-corrected chi connectivity index (χ2v) is 4.76. The second kappa shape index (κ2) is 7.91. The maximum atomic E-state index is 11.4. The largest absolute Gasteiger partial charge is 0.444 e. The summed E-state index contributed by atoms with van der Waals surface area (Å²) in [5, 5.41) is 11.3. The van der Waals surface area contributed by atoms with Crippen molar-refractivity contribution in [3.63, 3.8) is 0 Å². The molecular weight excluding hydrogens is 220 g/mol. The minimum Gasteiger partial charge on any atom is -0.444 e. The third-order valence-electron chi connectivity index (χ3n) is 1.77. The van der Waals surface area contributed by atoms with E-state index in [9.17, 15) is 4.79 Å². The number of nitrogens with zero attached hydrogens (tertiary/aromatic N) is 1. The number of nitriles is 1.